The molecule has 11 heavy (non-hydrogen) atoms. The fraction of sp³-hybridized carbons (Fsp3) is 0.429. The standard InChI is InChI=1S/C7H11N3S/c1-5-3-7(9-4-8-5)10-6(2)11/h3-4,6,11H,1-2H3,(H,8,9,10). The van der Waals surface area contributed by atoms with Crippen LogP contribution in [0.25, 0.3) is 0 Å². The van der Waals surface area contributed by atoms with Gasteiger partial charge in [-0.05, 0) is 13.8 Å². The second-order valence-corrected chi connectivity index (χ2v) is 3.14. The van der Waals surface area contributed by atoms with Crippen LogP contribution in [-0.4, -0.2) is 15.3 Å². The number of rotatable bonds is 2. The summed E-state index contributed by atoms with van der Waals surface area (Å²) in [7, 11) is 0. The highest BCUT2D eigenvalue weighted by Gasteiger charge is 1.96. The maximum atomic E-state index is 4.17. The molecule has 1 aromatic heterocycles. The molecule has 4 heteroatoms. The van der Waals surface area contributed by atoms with Crippen LogP contribution < -0.4 is 5.32 Å². The fourth-order valence-electron chi connectivity index (χ4n) is 0.747. The lowest BCUT2D eigenvalue weighted by Gasteiger charge is -2.07. The zero-order chi connectivity index (χ0) is 8.27. The van der Waals surface area contributed by atoms with Crippen molar-refractivity contribution in [3.05, 3.63) is 18.1 Å². The molecule has 0 aliphatic carbocycles. The van der Waals surface area contributed by atoms with Crippen molar-refractivity contribution in [1.82, 2.24) is 9.97 Å². The third kappa shape index (κ3) is 2.76. The molecular formula is C7H11N3S. The highest BCUT2D eigenvalue weighted by Crippen LogP contribution is 2.05. The number of hydrogen-bond acceptors (Lipinski definition) is 4. The summed E-state index contributed by atoms with van der Waals surface area (Å²) in [4.78, 5) is 7.98. The first-order chi connectivity index (χ1) is 5.18. The first-order valence-corrected chi connectivity index (χ1v) is 3.93. The zero-order valence-corrected chi connectivity index (χ0v) is 7.47. The van der Waals surface area contributed by atoms with Crippen LogP contribution in [0.3, 0.4) is 0 Å². The quantitative estimate of drug-likeness (QED) is 0.520. The van der Waals surface area contributed by atoms with E-state index in [1.807, 2.05) is 19.9 Å². The van der Waals surface area contributed by atoms with Crippen molar-refractivity contribution in [2.75, 3.05) is 5.32 Å². The number of thiol groups is 1. The Morgan fingerprint density at radius 1 is 1.55 bits per heavy atom. The minimum Gasteiger partial charge on any atom is -0.359 e. The lowest BCUT2D eigenvalue weighted by molar-refractivity contribution is 1.05. The number of aryl methyl sites for hydroxylation is 1. The maximum absolute atomic E-state index is 4.17. The molecule has 0 saturated carbocycles. The smallest absolute Gasteiger partial charge is 0.130 e. The van der Waals surface area contributed by atoms with Gasteiger partial charge in [0.15, 0.2) is 0 Å². The summed E-state index contributed by atoms with van der Waals surface area (Å²) in [6, 6.07) is 1.88. The largest absolute Gasteiger partial charge is 0.359 e. The summed E-state index contributed by atoms with van der Waals surface area (Å²) in [6.45, 7) is 3.87. The Hall–Kier alpha value is -0.770. The summed E-state index contributed by atoms with van der Waals surface area (Å²) in [6.07, 6.45) is 1.54. The molecule has 1 aromatic rings. The molecule has 60 valence electrons. The van der Waals surface area contributed by atoms with Gasteiger partial charge in [-0.2, -0.15) is 12.6 Å². The minimum atomic E-state index is 0.115. The molecule has 0 bridgehead atoms. The first kappa shape index (κ1) is 8.33. The topological polar surface area (TPSA) is 37.8 Å². The van der Waals surface area contributed by atoms with Crippen LogP contribution in [0.2, 0.25) is 0 Å². The van der Waals surface area contributed by atoms with Gasteiger partial charge in [0.25, 0.3) is 0 Å². The third-order valence-corrected chi connectivity index (χ3v) is 1.29. The summed E-state index contributed by atoms with van der Waals surface area (Å²) in [5.74, 6) is 0.819. The van der Waals surface area contributed by atoms with Crippen molar-refractivity contribution in [1.29, 1.82) is 0 Å². The van der Waals surface area contributed by atoms with E-state index in [9.17, 15) is 0 Å². The molecule has 1 rings (SSSR count). The minimum absolute atomic E-state index is 0.115. The van der Waals surface area contributed by atoms with Crippen molar-refractivity contribution in [3.63, 3.8) is 0 Å². The van der Waals surface area contributed by atoms with Gasteiger partial charge in [0.05, 0.1) is 5.37 Å². The molecule has 3 nitrogen and oxygen atoms in total. The highest BCUT2D eigenvalue weighted by atomic mass is 32.1. The van der Waals surface area contributed by atoms with Crippen LogP contribution in [0.5, 0.6) is 0 Å². The van der Waals surface area contributed by atoms with Crippen molar-refractivity contribution in [2.45, 2.75) is 19.2 Å². The Labute approximate surface area is 71.7 Å². The van der Waals surface area contributed by atoms with Crippen molar-refractivity contribution >= 4 is 18.4 Å². The number of aromatic nitrogens is 2. The maximum Gasteiger partial charge on any atom is 0.130 e. The van der Waals surface area contributed by atoms with Gasteiger partial charge in [-0.15, -0.1) is 0 Å². The number of hydrogen-bond donors (Lipinski definition) is 2. The van der Waals surface area contributed by atoms with E-state index in [0.29, 0.717) is 0 Å². The highest BCUT2D eigenvalue weighted by molar-refractivity contribution is 7.81. The van der Waals surface area contributed by atoms with Crippen molar-refractivity contribution < 1.29 is 0 Å². The molecule has 0 radical (unpaired) electrons. The van der Waals surface area contributed by atoms with E-state index in [-0.39, 0.29) is 5.37 Å². The third-order valence-electron chi connectivity index (χ3n) is 1.16. The van der Waals surface area contributed by atoms with Crippen LogP contribution in [-0.2, 0) is 0 Å². The Bertz CT molecular complexity index is 237. The molecule has 0 aliphatic heterocycles. The SMILES string of the molecule is Cc1cc(NC(C)S)ncn1. The molecule has 0 aromatic carbocycles. The molecule has 0 amide bonds. The van der Waals surface area contributed by atoms with E-state index in [1.54, 1.807) is 0 Å². The van der Waals surface area contributed by atoms with Gasteiger partial charge in [0.2, 0.25) is 0 Å². The van der Waals surface area contributed by atoms with E-state index in [2.05, 4.69) is 27.9 Å². The Morgan fingerprint density at radius 2 is 2.27 bits per heavy atom. The van der Waals surface area contributed by atoms with E-state index in [4.69, 9.17) is 0 Å². The molecule has 1 heterocycles. The molecule has 0 fully saturated rings. The number of nitrogens with one attached hydrogen (secondary N) is 1. The Balaban J connectivity index is 2.71. The van der Waals surface area contributed by atoms with Crippen LogP contribution in [0.1, 0.15) is 12.6 Å². The average Bonchev–Trinajstić information content (AvgIpc) is 1.85. The van der Waals surface area contributed by atoms with E-state index >= 15 is 0 Å². The normalized spacial score (nSPS) is 12.6. The molecule has 1 N–H and O–H groups in total. The predicted molar refractivity (Wildman–Crippen MR) is 48.8 cm³/mol. The molecule has 0 spiro atoms. The lowest BCUT2D eigenvalue weighted by Crippen LogP contribution is -2.08. The second-order valence-electron chi connectivity index (χ2n) is 2.36. The Kier molecular flexibility index (Phi) is 2.70. The first-order valence-electron chi connectivity index (χ1n) is 3.42. The fourth-order valence-corrected chi connectivity index (χ4v) is 0.880. The second kappa shape index (κ2) is 3.57. The molecule has 1 unspecified atom stereocenters. The van der Waals surface area contributed by atoms with Crippen LogP contribution in [0.4, 0.5) is 5.82 Å². The van der Waals surface area contributed by atoms with E-state index in [0.717, 1.165) is 11.5 Å². The summed E-state index contributed by atoms with van der Waals surface area (Å²) in [5, 5.41) is 3.17. The number of nitrogens with zero attached hydrogens (tertiary/aromatic N) is 2. The monoisotopic (exact) mass is 169 g/mol. The summed E-state index contributed by atoms with van der Waals surface area (Å²) >= 11 is 4.17. The Morgan fingerprint density at radius 3 is 2.82 bits per heavy atom. The van der Waals surface area contributed by atoms with Gasteiger partial charge in [0, 0.05) is 11.8 Å². The molecule has 1 atom stereocenters. The van der Waals surface area contributed by atoms with Crippen LogP contribution in [0, 0.1) is 6.92 Å². The lowest BCUT2D eigenvalue weighted by atomic mass is 10.4. The van der Waals surface area contributed by atoms with Gasteiger partial charge < -0.3 is 5.32 Å². The van der Waals surface area contributed by atoms with Gasteiger partial charge in [0.1, 0.15) is 12.1 Å². The predicted octanol–water partition coefficient (Wildman–Crippen LogP) is 1.47. The van der Waals surface area contributed by atoms with Crippen LogP contribution >= 0.6 is 12.6 Å². The van der Waals surface area contributed by atoms with Gasteiger partial charge >= 0.3 is 0 Å². The summed E-state index contributed by atoms with van der Waals surface area (Å²) in [5.41, 5.74) is 0.955. The molecule has 0 saturated heterocycles. The van der Waals surface area contributed by atoms with Crippen LogP contribution in [0.15, 0.2) is 12.4 Å². The van der Waals surface area contributed by atoms with Gasteiger partial charge in [-0.3, -0.25) is 0 Å². The van der Waals surface area contributed by atoms with Crippen molar-refractivity contribution in [2.24, 2.45) is 0 Å². The molecule has 0 aliphatic rings. The van der Waals surface area contributed by atoms with Crippen molar-refractivity contribution in [3.8, 4) is 0 Å². The number of anilines is 1. The van der Waals surface area contributed by atoms with E-state index < -0.39 is 0 Å². The average molecular weight is 169 g/mol. The van der Waals surface area contributed by atoms with Gasteiger partial charge in [-0.25, -0.2) is 9.97 Å². The van der Waals surface area contributed by atoms with E-state index in [1.165, 1.54) is 6.33 Å². The molecular weight excluding hydrogens is 158 g/mol. The zero-order valence-electron chi connectivity index (χ0n) is 6.57. The summed E-state index contributed by atoms with van der Waals surface area (Å²) < 4.78 is 0. The van der Waals surface area contributed by atoms with Gasteiger partial charge in [-0.1, -0.05) is 0 Å².